The van der Waals surface area contributed by atoms with E-state index in [0.717, 1.165) is 22.3 Å². The molecule has 11 N–H and O–H groups in total. The van der Waals surface area contributed by atoms with Crippen LogP contribution in [0.4, 0.5) is 0 Å². The fourth-order valence-corrected chi connectivity index (χ4v) is 8.08. The molecular formula is C46H60N4O11. The molecule has 4 aromatic rings. The molecule has 4 aromatic carbocycles. The number of hydrogen-bond donors (Lipinski definition) is 7. The van der Waals surface area contributed by atoms with Gasteiger partial charge in [-0.25, -0.2) is 0 Å². The highest BCUT2D eigenvalue weighted by atomic mass is 16.7. The quantitative estimate of drug-likeness (QED) is 0.0754. The molecule has 61 heavy (non-hydrogen) atoms. The summed E-state index contributed by atoms with van der Waals surface area (Å²) in [5.74, 6) is 0. The molecule has 2 heterocycles. The van der Waals surface area contributed by atoms with Crippen molar-refractivity contribution in [3.8, 4) is 0 Å². The molecule has 0 radical (unpaired) electrons. The Morgan fingerprint density at radius 1 is 0.475 bits per heavy atom. The van der Waals surface area contributed by atoms with Gasteiger partial charge in [-0.3, -0.25) is 0 Å². The van der Waals surface area contributed by atoms with E-state index in [9.17, 15) is 15.3 Å². The van der Waals surface area contributed by atoms with Crippen LogP contribution in [0.3, 0.4) is 0 Å². The summed E-state index contributed by atoms with van der Waals surface area (Å²) in [6, 6.07) is 36.4. The summed E-state index contributed by atoms with van der Waals surface area (Å²) in [6.45, 7) is 0.931. The van der Waals surface area contributed by atoms with Crippen LogP contribution < -0.4 is 22.9 Å². The van der Waals surface area contributed by atoms with Crippen molar-refractivity contribution in [1.29, 1.82) is 0 Å². The van der Waals surface area contributed by atoms with Crippen molar-refractivity contribution in [3.63, 3.8) is 0 Å². The first-order valence-electron chi connectivity index (χ1n) is 20.9. The number of aliphatic hydroxyl groups excluding tert-OH is 3. The molecule has 0 amide bonds. The molecule has 2 aliphatic heterocycles. The molecule has 0 bridgehead atoms. The maximum Gasteiger partial charge on any atom is 0.187 e. The summed E-state index contributed by atoms with van der Waals surface area (Å²) >= 11 is 0. The maximum absolute atomic E-state index is 12.0. The Balaban J connectivity index is 1.20. The summed E-state index contributed by atoms with van der Waals surface area (Å²) in [5, 5.41) is 33.2. The second-order valence-corrected chi connectivity index (χ2v) is 15.9. The highest BCUT2D eigenvalue weighted by Gasteiger charge is 2.53. The molecule has 7 rings (SSSR count). The molecule has 0 aromatic heterocycles. The van der Waals surface area contributed by atoms with E-state index in [2.05, 4.69) is 0 Å². The Kier molecular flexibility index (Phi) is 16.4. The average Bonchev–Trinajstić information content (AvgIpc) is 3.29. The summed E-state index contributed by atoms with van der Waals surface area (Å²) < 4.78 is 52.4. The van der Waals surface area contributed by atoms with Gasteiger partial charge in [0.25, 0.3) is 0 Å². The first-order chi connectivity index (χ1) is 29.7. The van der Waals surface area contributed by atoms with E-state index in [1.54, 1.807) is 0 Å². The highest BCUT2D eigenvalue weighted by Crippen LogP contribution is 2.35. The molecule has 15 atom stereocenters. The van der Waals surface area contributed by atoms with E-state index in [1.807, 2.05) is 121 Å². The maximum atomic E-state index is 12.0. The van der Waals surface area contributed by atoms with Gasteiger partial charge in [0.05, 0.1) is 39.1 Å². The number of rotatable bonds is 18. The predicted octanol–water partition coefficient (Wildman–Crippen LogP) is 1.61. The van der Waals surface area contributed by atoms with Crippen LogP contribution in [-0.2, 0) is 64.3 Å². The number of aliphatic hydroxyl groups is 3. The van der Waals surface area contributed by atoms with E-state index in [4.69, 9.17) is 60.8 Å². The van der Waals surface area contributed by atoms with Crippen LogP contribution in [0.25, 0.3) is 0 Å². The average molecular weight is 845 g/mol. The molecular weight excluding hydrogens is 785 g/mol. The lowest BCUT2D eigenvalue weighted by atomic mass is 9.84. The Labute approximate surface area is 356 Å². The van der Waals surface area contributed by atoms with Crippen molar-refractivity contribution < 1.29 is 53.2 Å². The molecule has 15 heteroatoms. The SMILES string of the molecule is NC[C@H]1O[C@H](O[C@H]2[C@H](O)[C@@H](O[C@H]3O[C@H](COCc4ccccc4)[C@H](OCc4ccccc4)[C@H](OCc4ccccc4)[C@H]3OCc3ccccc3)[C@H](N)C[C@@H]2N)[C@H](N)[C@@H](O)[C@@H]1O. The standard InChI is InChI=1S/C46H60N4O11/c47-22-34-37(51)38(52)36(50)45(58-34)60-40-32(48)21-33(49)41(39(40)53)61-46-44(57-26-31-19-11-4-12-20-31)43(56-25-30-17-9-3-10-18-30)42(55-24-29-15-7-2-8-16-29)35(59-46)27-54-23-28-13-5-1-6-14-28/h1-20,32-46,51-53H,21-27,47-50H2/t32-,33+,34+,35+,36+,37+,38+,39-,40+,41-,42-,43-,44+,45+,46+/m0/s1. The molecule has 3 aliphatic rings. The van der Waals surface area contributed by atoms with Crippen molar-refractivity contribution in [2.75, 3.05) is 13.2 Å². The number of nitrogens with two attached hydrogens (primary N) is 4. The lowest BCUT2D eigenvalue weighted by Crippen LogP contribution is -2.69. The fourth-order valence-electron chi connectivity index (χ4n) is 8.08. The Bertz CT molecular complexity index is 1860. The first kappa shape index (κ1) is 45.3. The third-order valence-corrected chi connectivity index (χ3v) is 11.5. The summed E-state index contributed by atoms with van der Waals surface area (Å²) in [4.78, 5) is 0. The third-order valence-electron chi connectivity index (χ3n) is 11.5. The number of ether oxygens (including phenoxy) is 8. The topological polar surface area (TPSA) is 239 Å². The van der Waals surface area contributed by atoms with E-state index < -0.39 is 91.7 Å². The van der Waals surface area contributed by atoms with Crippen LogP contribution in [-0.4, -0.2) is 120 Å². The zero-order valence-electron chi connectivity index (χ0n) is 34.1. The second-order valence-electron chi connectivity index (χ2n) is 15.9. The van der Waals surface area contributed by atoms with Gasteiger partial charge in [0, 0.05) is 18.6 Å². The molecule has 330 valence electrons. The third kappa shape index (κ3) is 11.7. The summed E-state index contributed by atoms with van der Waals surface area (Å²) in [6.07, 6.45) is -12.8. The lowest BCUT2D eigenvalue weighted by molar-refractivity contribution is -0.349. The van der Waals surface area contributed by atoms with Crippen LogP contribution in [0.2, 0.25) is 0 Å². The van der Waals surface area contributed by atoms with Gasteiger partial charge in [-0.05, 0) is 28.7 Å². The minimum Gasteiger partial charge on any atom is -0.388 e. The van der Waals surface area contributed by atoms with Crippen LogP contribution in [0, 0.1) is 0 Å². The smallest absolute Gasteiger partial charge is 0.187 e. The molecule has 15 nitrogen and oxygen atoms in total. The van der Waals surface area contributed by atoms with Crippen molar-refractivity contribution in [2.24, 2.45) is 22.9 Å². The molecule has 0 spiro atoms. The highest BCUT2D eigenvalue weighted by molar-refractivity contribution is 5.17. The normalized spacial score (nSPS) is 34.2. The van der Waals surface area contributed by atoms with Crippen LogP contribution in [0.15, 0.2) is 121 Å². The zero-order chi connectivity index (χ0) is 42.7. The van der Waals surface area contributed by atoms with E-state index in [-0.39, 0.29) is 39.4 Å². The molecule has 1 aliphatic carbocycles. The van der Waals surface area contributed by atoms with E-state index in [0.29, 0.717) is 6.61 Å². The Hall–Kier alpha value is -3.72. The van der Waals surface area contributed by atoms with Crippen LogP contribution in [0.1, 0.15) is 28.7 Å². The monoisotopic (exact) mass is 844 g/mol. The van der Waals surface area contributed by atoms with Crippen molar-refractivity contribution in [1.82, 2.24) is 0 Å². The largest absolute Gasteiger partial charge is 0.388 e. The van der Waals surface area contributed by atoms with E-state index in [1.165, 1.54) is 0 Å². The van der Waals surface area contributed by atoms with Crippen molar-refractivity contribution in [3.05, 3.63) is 144 Å². The van der Waals surface area contributed by atoms with Gasteiger partial charge in [-0.1, -0.05) is 121 Å². The fraction of sp³-hybridized carbons (Fsp3) is 0.478. The number of benzene rings is 4. The van der Waals surface area contributed by atoms with Gasteiger partial charge >= 0.3 is 0 Å². The summed E-state index contributed by atoms with van der Waals surface area (Å²) in [5.41, 5.74) is 29.1. The van der Waals surface area contributed by atoms with Gasteiger partial charge < -0.3 is 76.1 Å². The Morgan fingerprint density at radius 3 is 1.39 bits per heavy atom. The summed E-state index contributed by atoms with van der Waals surface area (Å²) in [7, 11) is 0. The predicted molar refractivity (Wildman–Crippen MR) is 224 cm³/mol. The van der Waals surface area contributed by atoms with Crippen molar-refractivity contribution in [2.45, 2.75) is 125 Å². The minimum absolute atomic E-state index is 0.0914. The van der Waals surface area contributed by atoms with E-state index >= 15 is 0 Å². The molecule has 0 unspecified atom stereocenters. The van der Waals surface area contributed by atoms with Gasteiger partial charge in [0.2, 0.25) is 0 Å². The van der Waals surface area contributed by atoms with Gasteiger partial charge in [0.15, 0.2) is 12.6 Å². The molecule has 1 saturated carbocycles. The molecule has 2 saturated heterocycles. The molecule has 3 fully saturated rings. The first-order valence-corrected chi connectivity index (χ1v) is 20.9. The Morgan fingerprint density at radius 2 is 0.902 bits per heavy atom. The van der Waals surface area contributed by atoms with Crippen molar-refractivity contribution >= 4 is 0 Å². The van der Waals surface area contributed by atoms with Gasteiger partial charge in [0.1, 0.15) is 61.0 Å². The van der Waals surface area contributed by atoms with Crippen LogP contribution in [0.5, 0.6) is 0 Å². The zero-order valence-corrected chi connectivity index (χ0v) is 34.1. The minimum atomic E-state index is -1.43. The van der Waals surface area contributed by atoms with Gasteiger partial charge in [-0.15, -0.1) is 0 Å². The van der Waals surface area contributed by atoms with Crippen LogP contribution >= 0.6 is 0 Å². The van der Waals surface area contributed by atoms with Gasteiger partial charge in [-0.2, -0.15) is 0 Å². The second kappa shape index (κ2) is 22.1. The number of hydrogen-bond acceptors (Lipinski definition) is 15. The lowest BCUT2D eigenvalue weighted by Gasteiger charge is -2.49.